The van der Waals surface area contributed by atoms with Gasteiger partial charge in [-0.05, 0) is 66.6 Å². The summed E-state index contributed by atoms with van der Waals surface area (Å²) in [6.07, 6.45) is 4.68. The van der Waals surface area contributed by atoms with Crippen molar-refractivity contribution in [3.63, 3.8) is 0 Å². The third-order valence-electron chi connectivity index (χ3n) is 5.16. The summed E-state index contributed by atoms with van der Waals surface area (Å²) >= 11 is 0. The molecular formula is C27H21N3O4. The van der Waals surface area contributed by atoms with Crippen LogP contribution >= 0.6 is 0 Å². The molecule has 4 rings (SSSR count). The number of nitrogens with zero attached hydrogens (tertiary/aromatic N) is 3. The Labute approximate surface area is 195 Å². The summed E-state index contributed by atoms with van der Waals surface area (Å²) in [5, 5.41) is 18.3. The first-order valence-corrected chi connectivity index (χ1v) is 10.7. The first kappa shape index (κ1) is 22.5. The van der Waals surface area contributed by atoms with Crippen molar-refractivity contribution in [2.24, 2.45) is 0 Å². The van der Waals surface area contributed by atoms with Crippen LogP contribution in [-0.4, -0.2) is 27.2 Å². The third-order valence-corrected chi connectivity index (χ3v) is 5.16. The van der Waals surface area contributed by atoms with Gasteiger partial charge in [0.25, 0.3) is 5.56 Å². The van der Waals surface area contributed by atoms with Gasteiger partial charge in [-0.1, -0.05) is 30.3 Å². The lowest BCUT2D eigenvalue weighted by Gasteiger charge is -2.12. The number of aromatic nitrogens is 2. The number of carboxylic acids is 1. The molecule has 7 heteroatoms. The van der Waals surface area contributed by atoms with Gasteiger partial charge in [0.1, 0.15) is 11.6 Å². The number of hydrogen-bond acceptors (Lipinski definition) is 5. The van der Waals surface area contributed by atoms with E-state index in [9.17, 15) is 14.7 Å². The molecule has 1 heterocycles. The number of nitriles is 1. The van der Waals surface area contributed by atoms with E-state index in [4.69, 9.17) is 10.00 Å². The van der Waals surface area contributed by atoms with Gasteiger partial charge >= 0.3 is 5.97 Å². The molecule has 0 radical (unpaired) electrons. The topological polar surface area (TPSA) is 105 Å². The SMILES string of the molecule is N#CCCCOc1cccc(/C=C/c2nc3ccccc3c(=O)n2-c2ccc(C(=O)O)cc2)c1. The molecule has 0 saturated heterocycles. The van der Waals surface area contributed by atoms with Gasteiger partial charge in [0.05, 0.1) is 34.8 Å². The summed E-state index contributed by atoms with van der Waals surface area (Å²) in [6, 6.07) is 22.8. The van der Waals surface area contributed by atoms with Crippen LogP contribution in [0.25, 0.3) is 28.7 Å². The molecule has 4 aromatic rings. The van der Waals surface area contributed by atoms with E-state index in [1.165, 1.54) is 16.7 Å². The minimum absolute atomic E-state index is 0.134. The molecule has 168 valence electrons. The van der Waals surface area contributed by atoms with Crippen LogP contribution in [0.3, 0.4) is 0 Å². The molecule has 3 aromatic carbocycles. The van der Waals surface area contributed by atoms with Crippen LogP contribution in [0, 0.1) is 11.3 Å². The maximum Gasteiger partial charge on any atom is 0.335 e. The fourth-order valence-corrected chi connectivity index (χ4v) is 3.48. The Morgan fingerprint density at radius 2 is 1.85 bits per heavy atom. The van der Waals surface area contributed by atoms with Crippen molar-refractivity contribution in [1.29, 1.82) is 5.26 Å². The van der Waals surface area contributed by atoms with Crippen LogP contribution in [-0.2, 0) is 0 Å². The molecule has 0 amide bonds. The van der Waals surface area contributed by atoms with Crippen molar-refractivity contribution >= 4 is 29.0 Å². The highest BCUT2D eigenvalue weighted by Crippen LogP contribution is 2.19. The van der Waals surface area contributed by atoms with Crippen molar-refractivity contribution in [2.75, 3.05) is 6.61 Å². The van der Waals surface area contributed by atoms with Gasteiger partial charge < -0.3 is 9.84 Å². The fraction of sp³-hybridized carbons (Fsp3) is 0.111. The third kappa shape index (κ3) is 5.03. The second-order valence-electron chi connectivity index (χ2n) is 7.50. The monoisotopic (exact) mass is 451 g/mol. The predicted octanol–water partition coefficient (Wildman–Crippen LogP) is 4.94. The van der Waals surface area contributed by atoms with Crippen molar-refractivity contribution in [3.8, 4) is 17.5 Å². The molecular weight excluding hydrogens is 430 g/mol. The standard InChI is InChI=1S/C27H21N3O4/c28-16-3-4-17-34-22-7-5-6-19(18-22)10-15-25-29-24-9-2-1-8-23(24)26(31)30(25)21-13-11-20(12-14-21)27(32)33/h1-2,5-15,18H,3-4,17H2,(H,32,33)/b15-10+. The second kappa shape index (κ2) is 10.3. The van der Waals surface area contributed by atoms with Gasteiger partial charge in [-0.3, -0.25) is 9.36 Å². The average molecular weight is 451 g/mol. The summed E-state index contributed by atoms with van der Waals surface area (Å²) in [4.78, 5) is 29.2. The molecule has 34 heavy (non-hydrogen) atoms. The minimum Gasteiger partial charge on any atom is -0.494 e. The Morgan fingerprint density at radius 3 is 2.62 bits per heavy atom. The van der Waals surface area contributed by atoms with Crippen LogP contribution < -0.4 is 10.3 Å². The number of aromatic carboxylic acids is 1. The van der Waals surface area contributed by atoms with Crippen molar-refractivity contribution in [3.05, 3.63) is 100 Å². The zero-order chi connectivity index (χ0) is 23.9. The first-order valence-electron chi connectivity index (χ1n) is 10.7. The molecule has 0 fully saturated rings. The number of para-hydroxylation sites is 1. The van der Waals surface area contributed by atoms with Gasteiger partial charge in [0, 0.05) is 6.42 Å². The van der Waals surface area contributed by atoms with Gasteiger partial charge in [0.2, 0.25) is 0 Å². The molecule has 0 bridgehead atoms. The lowest BCUT2D eigenvalue weighted by atomic mass is 10.1. The number of benzene rings is 3. The van der Waals surface area contributed by atoms with Gasteiger partial charge in [-0.2, -0.15) is 5.26 Å². The highest BCUT2D eigenvalue weighted by atomic mass is 16.5. The van der Waals surface area contributed by atoms with E-state index in [-0.39, 0.29) is 11.1 Å². The Bertz CT molecular complexity index is 1460. The molecule has 0 aliphatic rings. The number of carbonyl (C=O) groups is 1. The van der Waals surface area contributed by atoms with Crippen molar-refractivity contribution in [2.45, 2.75) is 12.8 Å². The van der Waals surface area contributed by atoms with Crippen LogP contribution in [0.1, 0.15) is 34.6 Å². The molecule has 0 aliphatic heterocycles. The Balaban J connectivity index is 1.73. The number of rotatable bonds is 8. The summed E-state index contributed by atoms with van der Waals surface area (Å²) in [6.45, 7) is 0.457. The van der Waals surface area contributed by atoms with Gasteiger partial charge in [-0.25, -0.2) is 9.78 Å². The molecule has 0 spiro atoms. The smallest absolute Gasteiger partial charge is 0.335 e. The van der Waals surface area contributed by atoms with Crippen LogP contribution in [0.2, 0.25) is 0 Å². The zero-order valence-electron chi connectivity index (χ0n) is 18.2. The molecule has 1 aromatic heterocycles. The van der Waals surface area contributed by atoms with Crippen LogP contribution in [0.15, 0.2) is 77.6 Å². The number of ether oxygens (including phenoxy) is 1. The summed E-state index contributed by atoms with van der Waals surface area (Å²) in [5.74, 6) is 0.0608. The molecule has 0 aliphatic carbocycles. The largest absolute Gasteiger partial charge is 0.494 e. The molecule has 1 N–H and O–H groups in total. The quantitative estimate of drug-likeness (QED) is 0.381. The minimum atomic E-state index is -1.04. The van der Waals surface area contributed by atoms with Crippen molar-refractivity contribution in [1.82, 2.24) is 9.55 Å². The molecule has 0 atom stereocenters. The fourth-order valence-electron chi connectivity index (χ4n) is 3.48. The highest BCUT2D eigenvalue weighted by Gasteiger charge is 2.12. The molecule has 0 unspecified atom stereocenters. The maximum atomic E-state index is 13.3. The van der Waals surface area contributed by atoms with E-state index in [0.717, 1.165) is 5.56 Å². The summed E-state index contributed by atoms with van der Waals surface area (Å²) in [5.41, 5.74) is 1.83. The van der Waals surface area contributed by atoms with Crippen molar-refractivity contribution < 1.29 is 14.6 Å². The van der Waals surface area contributed by atoms with Crippen LogP contribution in [0.4, 0.5) is 0 Å². The number of carboxylic acid groups (broad SMARTS) is 1. The van der Waals surface area contributed by atoms with Crippen LogP contribution in [0.5, 0.6) is 5.75 Å². The van der Waals surface area contributed by atoms with E-state index in [1.54, 1.807) is 36.4 Å². The van der Waals surface area contributed by atoms with E-state index < -0.39 is 5.97 Å². The number of unbranched alkanes of at least 4 members (excludes halogenated alkanes) is 1. The van der Waals surface area contributed by atoms with Gasteiger partial charge in [-0.15, -0.1) is 0 Å². The maximum absolute atomic E-state index is 13.3. The highest BCUT2D eigenvalue weighted by molar-refractivity contribution is 5.88. The average Bonchev–Trinajstić information content (AvgIpc) is 2.86. The lowest BCUT2D eigenvalue weighted by Crippen LogP contribution is -2.22. The second-order valence-corrected chi connectivity index (χ2v) is 7.50. The lowest BCUT2D eigenvalue weighted by molar-refractivity contribution is 0.0697. The summed E-state index contributed by atoms with van der Waals surface area (Å²) in [7, 11) is 0. The Kier molecular flexibility index (Phi) is 6.80. The molecule has 0 saturated carbocycles. The molecule has 7 nitrogen and oxygen atoms in total. The van der Waals surface area contributed by atoms with E-state index in [0.29, 0.717) is 47.6 Å². The van der Waals surface area contributed by atoms with Gasteiger partial charge in [0.15, 0.2) is 0 Å². The Hall–Kier alpha value is -4.70. The Morgan fingerprint density at radius 1 is 1.06 bits per heavy atom. The normalized spacial score (nSPS) is 10.9. The zero-order valence-corrected chi connectivity index (χ0v) is 18.2. The summed E-state index contributed by atoms with van der Waals surface area (Å²) < 4.78 is 7.16. The van der Waals surface area contributed by atoms with E-state index >= 15 is 0 Å². The van der Waals surface area contributed by atoms with E-state index in [1.807, 2.05) is 36.4 Å². The first-order chi connectivity index (χ1) is 16.6. The van der Waals surface area contributed by atoms with E-state index in [2.05, 4.69) is 11.1 Å². The number of hydrogen-bond donors (Lipinski definition) is 1. The predicted molar refractivity (Wildman–Crippen MR) is 130 cm³/mol. The number of fused-ring (bicyclic) bond motifs is 1.